The van der Waals surface area contributed by atoms with E-state index in [0.29, 0.717) is 5.69 Å². The Balaban J connectivity index is 1.71. The van der Waals surface area contributed by atoms with Crippen molar-refractivity contribution in [3.05, 3.63) is 47.8 Å². The Hall–Kier alpha value is -3.06. The highest BCUT2D eigenvalue weighted by Crippen LogP contribution is 2.30. The number of methoxy groups -OCH3 is 1. The summed E-state index contributed by atoms with van der Waals surface area (Å²) in [4.78, 5) is 20.8. The van der Waals surface area contributed by atoms with Crippen LogP contribution < -0.4 is 10.5 Å². The number of carbonyl (C=O) groups is 1. The van der Waals surface area contributed by atoms with E-state index >= 15 is 0 Å². The average molecular weight is 393 g/mol. The minimum Gasteiger partial charge on any atom is -0.496 e. The van der Waals surface area contributed by atoms with Gasteiger partial charge in [0.15, 0.2) is 0 Å². The number of nitrogens with two attached hydrogens (primary N) is 1. The fourth-order valence-electron chi connectivity index (χ4n) is 3.95. The number of aromatic nitrogens is 2. The van der Waals surface area contributed by atoms with Crippen LogP contribution in [0, 0.1) is 6.92 Å². The lowest BCUT2D eigenvalue weighted by Crippen LogP contribution is -2.47. The number of amides is 1. The third-order valence-corrected chi connectivity index (χ3v) is 5.60. The minimum atomic E-state index is 0.140. The minimum absolute atomic E-state index is 0.140. The number of imidazole rings is 1. The Morgan fingerprint density at radius 2 is 1.93 bits per heavy atom. The molecule has 0 bridgehead atoms. The monoisotopic (exact) mass is 393 g/mol. The number of hydrogen-bond donors (Lipinski definition) is 1. The maximum atomic E-state index is 11.6. The lowest BCUT2D eigenvalue weighted by Gasteiger charge is -2.34. The van der Waals surface area contributed by atoms with Crippen molar-refractivity contribution in [1.82, 2.24) is 19.2 Å². The van der Waals surface area contributed by atoms with Crippen LogP contribution in [-0.2, 0) is 11.3 Å². The van der Waals surface area contributed by atoms with Gasteiger partial charge in [-0.25, -0.2) is 4.98 Å². The zero-order valence-electron chi connectivity index (χ0n) is 17.2. The molecule has 3 aromatic rings. The Bertz CT molecular complexity index is 1050. The third-order valence-electron chi connectivity index (χ3n) is 5.60. The molecule has 2 N–H and O–H groups in total. The molecule has 0 spiro atoms. The second kappa shape index (κ2) is 7.75. The number of hydrogen-bond acceptors (Lipinski definition) is 5. The molecule has 0 atom stereocenters. The van der Waals surface area contributed by atoms with E-state index in [1.165, 1.54) is 0 Å². The van der Waals surface area contributed by atoms with E-state index in [4.69, 9.17) is 15.5 Å². The Labute approximate surface area is 170 Å². The van der Waals surface area contributed by atoms with Gasteiger partial charge in [0.05, 0.1) is 18.5 Å². The number of pyridine rings is 1. The molecule has 1 fully saturated rings. The van der Waals surface area contributed by atoms with Crippen molar-refractivity contribution in [3.63, 3.8) is 0 Å². The number of nitrogens with zero attached hydrogens (tertiary/aromatic N) is 4. The molecule has 1 amide bonds. The van der Waals surface area contributed by atoms with Crippen LogP contribution in [-0.4, -0.2) is 58.4 Å². The molecule has 7 heteroatoms. The number of piperazine rings is 1. The van der Waals surface area contributed by atoms with Crippen LogP contribution in [0.3, 0.4) is 0 Å². The van der Waals surface area contributed by atoms with Crippen LogP contribution in [0.2, 0.25) is 0 Å². The van der Waals surface area contributed by atoms with Crippen molar-refractivity contribution in [2.24, 2.45) is 0 Å². The molecule has 0 unspecified atom stereocenters. The number of nitrogen functional groups attached to an aromatic ring is 1. The Kier molecular flexibility index (Phi) is 5.15. The van der Waals surface area contributed by atoms with Gasteiger partial charge in [0.25, 0.3) is 0 Å². The number of benzene rings is 1. The van der Waals surface area contributed by atoms with Crippen molar-refractivity contribution < 1.29 is 9.53 Å². The van der Waals surface area contributed by atoms with Gasteiger partial charge >= 0.3 is 0 Å². The topological polar surface area (TPSA) is 76.1 Å². The third kappa shape index (κ3) is 3.78. The van der Waals surface area contributed by atoms with Crippen molar-refractivity contribution in [2.75, 3.05) is 39.0 Å². The molecule has 3 heterocycles. The zero-order valence-corrected chi connectivity index (χ0v) is 17.2. The van der Waals surface area contributed by atoms with Crippen LogP contribution in [0.4, 0.5) is 5.69 Å². The summed E-state index contributed by atoms with van der Waals surface area (Å²) < 4.78 is 7.49. The van der Waals surface area contributed by atoms with Gasteiger partial charge in [-0.05, 0) is 42.8 Å². The largest absolute Gasteiger partial charge is 0.496 e. The first-order valence-electron chi connectivity index (χ1n) is 9.85. The predicted octanol–water partition coefficient (Wildman–Crippen LogP) is 2.56. The van der Waals surface area contributed by atoms with Gasteiger partial charge in [-0.2, -0.15) is 0 Å². The SMILES string of the molecule is COc1ccc(-c2nc3ccc(N)cn3c2CN2CCN(C(C)=O)CC2)cc1C. The molecule has 1 aliphatic rings. The fraction of sp³-hybridized carbons (Fsp3) is 0.364. The number of anilines is 1. The molecule has 4 rings (SSSR count). The smallest absolute Gasteiger partial charge is 0.219 e. The maximum absolute atomic E-state index is 11.6. The van der Waals surface area contributed by atoms with Crippen LogP contribution in [0.15, 0.2) is 36.5 Å². The van der Waals surface area contributed by atoms with Gasteiger partial charge in [-0.3, -0.25) is 9.69 Å². The molecule has 152 valence electrons. The first kappa shape index (κ1) is 19.3. The van der Waals surface area contributed by atoms with Gasteiger partial charge in [-0.15, -0.1) is 0 Å². The first-order valence-corrected chi connectivity index (χ1v) is 9.85. The molecule has 0 radical (unpaired) electrons. The van der Waals surface area contributed by atoms with Gasteiger partial charge in [0.2, 0.25) is 5.91 Å². The van der Waals surface area contributed by atoms with Crippen LogP contribution in [0.25, 0.3) is 16.9 Å². The Morgan fingerprint density at radius 3 is 2.59 bits per heavy atom. The van der Waals surface area contributed by atoms with E-state index in [9.17, 15) is 4.79 Å². The van der Waals surface area contributed by atoms with Gasteiger partial charge < -0.3 is 19.8 Å². The van der Waals surface area contributed by atoms with Crippen molar-refractivity contribution in [3.8, 4) is 17.0 Å². The van der Waals surface area contributed by atoms with Crippen LogP contribution >= 0.6 is 0 Å². The predicted molar refractivity (Wildman–Crippen MR) is 114 cm³/mol. The lowest BCUT2D eigenvalue weighted by molar-refractivity contribution is -0.130. The second-order valence-electron chi connectivity index (χ2n) is 7.56. The lowest BCUT2D eigenvalue weighted by atomic mass is 10.1. The number of carbonyl (C=O) groups excluding carboxylic acids is 1. The molecule has 29 heavy (non-hydrogen) atoms. The van der Waals surface area contributed by atoms with Crippen molar-refractivity contribution in [2.45, 2.75) is 20.4 Å². The molecule has 0 saturated carbocycles. The van der Waals surface area contributed by atoms with E-state index in [-0.39, 0.29) is 5.91 Å². The summed E-state index contributed by atoms with van der Waals surface area (Å²) in [7, 11) is 1.68. The Morgan fingerprint density at radius 1 is 1.17 bits per heavy atom. The number of ether oxygens (including phenoxy) is 1. The first-order chi connectivity index (χ1) is 14.0. The highest BCUT2D eigenvalue weighted by molar-refractivity contribution is 5.73. The highest BCUT2D eigenvalue weighted by Gasteiger charge is 2.22. The fourth-order valence-corrected chi connectivity index (χ4v) is 3.95. The maximum Gasteiger partial charge on any atom is 0.219 e. The number of rotatable bonds is 4. The van der Waals surface area contributed by atoms with Gasteiger partial charge in [0.1, 0.15) is 11.4 Å². The summed E-state index contributed by atoms with van der Waals surface area (Å²) in [5.41, 5.74) is 11.8. The molecular weight excluding hydrogens is 366 g/mol. The summed E-state index contributed by atoms with van der Waals surface area (Å²) in [6.07, 6.45) is 1.93. The van der Waals surface area contributed by atoms with Gasteiger partial charge in [-0.1, -0.05) is 0 Å². The summed E-state index contributed by atoms with van der Waals surface area (Å²) >= 11 is 0. The summed E-state index contributed by atoms with van der Waals surface area (Å²) in [5, 5.41) is 0. The van der Waals surface area contributed by atoms with Crippen LogP contribution in [0.1, 0.15) is 18.2 Å². The van der Waals surface area contributed by atoms with E-state index in [1.807, 2.05) is 42.3 Å². The summed E-state index contributed by atoms with van der Waals surface area (Å²) in [5.74, 6) is 1.00. The van der Waals surface area contributed by atoms with E-state index in [2.05, 4.69) is 15.4 Å². The second-order valence-corrected chi connectivity index (χ2v) is 7.56. The quantitative estimate of drug-likeness (QED) is 0.737. The molecule has 1 aromatic carbocycles. The normalized spacial score (nSPS) is 15.1. The highest BCUT2D eigenvalue weighted by atomic mass is 16.5. The van der Waals surface area contributed by atoms with Crippen molar-refractivity contribution >= 4 is 17.2 Å². The van der Waals surface area contributed by atoms with E-state index in [0.717, 1.165) is 66.6 Å². The summed E-state index contributed by atoms with van der Waals surface area (Å²) in [6.45, 7) is 7.61. The standard InChI is InChI=1S/C22H27N5O2/c1-15-12-17(4-6-20(15)29-3)22-19(27-13-18(23)5-7-21(27)24-22)14-25-8-10-26(11-9-25)16(2)28/h4-7,12-13H,8-11,14,23H2,1-3H3. The van der Waals surface area contributed by atoms with Gasteiger partial charge in [0, 0.05) is 57.1 Å². The zero-order chi connectivity index (χ0) is 20.5. The average Bonchev–Trinajstić information content (AvgIpc) is 3.06. The number of fused-ring (bicyclic) bond motifs is 1. The molecule has 1 aliphatic heterocycles. The van der Waals surface area contributed by atoms with E-state index in [1.54, 1.807) is 14.0 Å². The summed E-state index contributed by atoms with van der Waals surface area (Å²) in [6, 6.07) is 9.97. The van der Waals surface area contributed by atoms with Crippen molar-refractivity contribution in [1.29, 1.82) is 0 Å². The van der Waals surface area contributed by atoms with Crippen LogP contribution in [0.5, 0.6) is 5.75 Å². The van der Waals surface area contributed by atoms with E-state index < -0.39 is 0 Å². The molecule has 1 saturated heterocycles. The molecular formula is C22H27N5O2. The molecule has 2 aromatic heterocycles. The number of aryl methyl sites for hydroxylation is 1. The molecule has 0 aliphatic carbocycles. The molecule has 7 nitrogen and oxygen atoms in total.